The fraction of sp³-hybridized carbons (Fsp3) is 0.286. The standard InChI is InChI=1S/C28H28N4O3S3/c1-5-13-32-25(20-14-36-17(3)23(20)18-11-9-16(2)10-12-18)30-31-28(32)37-15-22(33)29-26-24(27(34)35-4)19-7-6-8-21(19)38-26/h5,9-12,14H,1,6-8,13,15H2,2-4H3,(H,29,33). The van der Waals surface area contributed by atoms with Gasteiger partial charge in [-0.2, -0.15) is 0 Å². The molecule has 38 heavy (non-hydrogen) atoms. The number of hydrogen-bond acceptors (Lipinski definition) is 8. The number of aryl methyl sites for hydroxylation is 3. The van der Waals surface area contributed by atoms with E-state index in [-0.39, 0.29) is 11.7 Å². The van der Waals surface area contributed by atoms with Gasteiger partial charge >= 0.3 is 5.97 Å². The Morgan fingerprint density at radius 1 is 1.21 bits per heavy atom. The largest absolute Gasteiger partial charge is 0.465 e. The van der Waals surface area contributed by atoms with Gasteiger partial charge in [0.15, 0.2) is 11.0 Å². The minimum atomic E-state index is -0.404. The topological polar surface area (TPSA) is 86.1 Å². The van der Waals surface area contributed by atoms with Gasteiger partial charge in [0.05, 0.1) is 18.4 Å². The number of thioether (sulfide) groups is 1. The molecular weight excluding hydrogens is 537 g/mol. The molecule has 196 valence electrons. The molecule has 1 N–H and O–H groups in total. The van der Waals surface area contributed by atoms with Crippen molar-refractivity contribution in [2.75, 3.05) is 18.2 Å². The van der Waals surface area contributed by atoms with Crippen molar-refractivity contribution >= 4 is 51.3 Å². The smallest absolute Gasteiger partial charge is 0.341 e. The Labute approximate surface area is 234 Å². The minimum absolute atomic E-state index is 0.131. The molecule has 0 saturated carbocycles. The van der Waals surface area contributed by atoms with E-state index in [0.29, 0.717) is 22.3 Å². The van der Waals surface area contributed by atoms with Crippen molar-refractivity contribution in [1.82, 2.24) is 14.8 Å². The number of amides is 1. The number of nitrogens with zero attached hydrogens (tertiary/aromatic N) is 3. The van der Waals surface area contributed by atoms with Crippen LogP contribution in [0.15, 0.2) is 47.5 Å². The van der Waals surface area contributed by atoms with Gasteiger partial charge in [0.25, 0.3) is 0 Å². The molecule has 0 unspecified atom stereocenters. The Bertz CT molecular complexity index is 1510. The van der Waals surface area contributed by atoms with Crippen LogP contribution in [0.5, 0.6) is 0 Å². The number of methoxy groups -OCH3 is 1. The number of carbonyl (C=O) groups excluding carboxylic acids is 2. The van der Waals surface area contributed by atoms with Gasteiger partial charge < -0.3 is 10.1 Å². The number of aromatic nitrogens is 3. The number of esters is 1. The quantitative estimate of drug-likeness (QED) is 0.141. The number of hydrogen-bond donors (Lipinski definition) is 1. The van der Waals surface area contributed by atoms with Gasteiger partial charge in [-0.1, -0.05) is 47.7 Å². The van der Waals surface area contributed by atoms with Crippen LogP contribution in [0.3, 0.4) is 0 Å². The Hall–Kier alpha value is -3.21. The molecule has 0 spiro atoms. The summed E-state index contributed by atoms with van der Waals surface area (Å²) in [5, 5.41) is 15.2. The second-order valence-corrected chi connectivity index (χ2v) is 12.2. The summed E-state index contributed by atoms with van der Waals surface area (Å²) in [5.74, 6) is 0.265. The van der Waals surface area contributed by atoms with Gasteiger partial charge in [0, 0.05) is 32.8 Å². The first-order valence-corrected chi connectivity index (χ1v) is 14.9. The third-order valence-electron chi connectivity index (χ3n) is 6.48. The highest BCUT2D eigenvalue weighted by Gasteiger charge is 2.28. The molecule has 1 aliphatic carbocycles. The van der Waals surface area contributed by atoms with Crippen LogP contribution in [0.4, 0.5) is 5.00 Å². The average molecular weight is 565 g/mol. The van der Waals surface area contributed by atoms with Crippen molar-refractivity contribution in [2.45, 2.75) is 44.8 Å². The van der Waals surface area contributed by atoms with E-state index >= 15 is 0 Å². The number of rotatable bonds is 9. The van der Waals surface area contributed by atoms with Crippen molar-refractivity contribution < 1.29 is 14.3 Å². The van der Waals surface area contributed by atoms with E-state index < -0.39 is 5.97 Å². The lowest BCUT2D eigenvalue weighted by Gasteiger charge is -2.10. The third kappa shape index (κ3) is 5.08. The minimum Gasteiger partial charge on any atom is -0.465 e. The molecule has 0 aliphatic heterocycles. The maximum atomic E-state index is 12.9. The molecule has 0 bridgehead atoms. The summed E-state index contributed by atoms with van der Waals surface area (Å²) >= 11 is 4.46. The highest BCUT2D eigenvalue weighted by molar-refractivity contribution is 7.99. The van der Waals surface area contributed by atoms with Gasteiger partial charge in [-0.3, -0.25) is 9.36 Å². The molecule has 0 fully saturated rings. The van der Waals surface area contributed by atoms with Crippen molar-refractivity contribution in [3.63, 3.8) is 0 Å². The monoisotopic (exact) mass is 564 g/mol. The van der Waals surface area contributed by atoms with Crippen LogP contribution in [0.25, 0.3) is 22.5 Å². The number of benzene rings is 1. The van der Waals surface area contributed by atoms with Gasteiger partial charge in [0.1, 0.15) is 5.00 Å². The summed E-state index contributed by atoms with van der Waals surface area (Å²) in [5.41, 5.74) is 6.00. The van der Waals surface area contributed by atoms with Crippen LogP contribution >= 0.6 is 34.4 Å². The van der Waals surface area contributed by atoms with E-state index in [2.05, 4.69) is 65.6 Å². The van der Waals surface area contributed by atoms with Crippen LogP contribution in [-0.4, -0.2) is 39.5 Å². The first-order valence-electron chi connectivity index (χ1n) is 12.3. The van der Waals surface area contributed by atoms with Gasteiger partial charge in [-0.25, -0.2) is 4.79 Å². The molecule has 10 heteroatoms. The second-order valence-electron chi connectivity index (χ2n) is 9.04. The molecule has 5 rings (SSSR count). The zero-order valence-corrected chi connectivity index (χ0v) is 23.9. The molecule has 4 aromatic rings. The normalized spacial score (nSPS) is 12.4. The maximum Gasteiger partial charge on any atom is 0.341 e. The number of nitrogens with one attached hydrogen (secondary N) is 1. The SMILES string of the molecule is C=CCn1c(SCC(=O)Nc2sc3c(c2C(=O)OC)CCC3)nnc1-c1csc(C)c1-c1ccc(C)cc1. The molecule has 3 heterocycles. The summed E-state index contributed by atoms with van der Waals surface area (Å²) in [4.78, 5) is 27.7. The Morgan fingerprint density at radius 3 is 2.74 bits per heavy atom. The fourth-order valence-corrected chi connectivity index (χ4v) is 7.59. The molecule has 0 atom stereocenters. The molecule has 0 radical (unpaired) electrons. The predicted molar refractivity (Wildman–Crippen MR) is 155 cm³/mol. The molecule has 3 aromatic heterocycles. The summed E-state index contributed by atoms with van der Waals surface area (Å²) in [6.07, 6.45) is 4.58. The van der Waals surface area contributed by atoms with E-state index in [4.69, 9.17) is 4.74 Å². The zero-order valence-electron chi connectivity index (χ0n) is 21.5. The van der Waals surface area contributed by atoms with E-state index in [1.807, 2.05) is 4.57 Å². The van der Waals surface area contributed by atoms with Crippen molar-refractivity contribution in [2.24, 2.45) is 0 Å². The van der Waals surface area contributed by atoms with Crippen LogP contribution in [0.1, 0.15) is 37.7 Å². The molecule has 1 amide bonds. The lowest BCUT2D eigenvalue weighted by Crippen LogP contribution is -2.16. The maximum absolute atomic E-state index is 12.9. The Balaban J connectivity index is 1.37. The molecular formula is C28H28N4O3S3. The number of allylic oxidation sites excluding steroid dienone is 1. The summed E-state index contributed by atoms with van der Waals surface area (Å²) in [6, 6.07) is 8.48. The van der Waals surface area contributed by atoms with Crippen molar-refractivity contribution in [3.8, 4) is 22.5 Å². The van der Waals surface area contributed by atoms with Crippen molar-refractivity contribution in [1.29, 1.82) is 0 Å². The summed E-state index contributed by atoms with van der Waals surface area (Å²) < 4.78 is 6.98. The van der Waals surface area contributed by atoms with Crippen LogP contribution in [-0.2, 0) is 28.9 Å². The molecule has 0 saturated heterocycles. The first kappa shape index (κ1) is 26.4. The average Bonchev–Trinajstić information content (AvgIpc) is 3.67. The molecule has 7 nitrogen and oxygen atoms in total. The number of fused-ring (bicyclic) bond motifs is 1. The van der Waals surface area contributed by atoms with E-state index in [1.165, 1.54) is 40.6 Å². The van der Waals surface area contributed by atoms with E-state index in [9.17, 15) is 9.59 Å². The second kappa shape index (κ2) is 11.3. The van der Waals surface area contributed by atoms with Crippen molar-refractivity contribution in [3.05, 3.63) is 68.7 Å². The third-order valence-corrected chi connectivity index (χ3v) is 9.57. The highest BCUT2D eigenvalue weighted by Crippen LogP contribution is 2.41. The van der Waals surface area contributed by atoms with Gasteiger partial charge in [-0.05, 0) is 44.2 Å². The summed E-state index contributed by atoms with van der Waals surface area (Å²) in [6.45, 7) is 8.61. The lowest BCUT2D eigenvalue weighted by atomic mass is 10.0. The summed E-state index contributed by atoms with van der Waals surface area (Å²) in [7, 11) is 1.37. The van der Waals surface area contributed by atoms with Gasteiger partial charge in [0.2, 0.25) is 5.91 Å². The molecule has 1 aliphatic rings. The van der Waals surface area contributed by atoms with E-state index in [0.717, 1.165) is 52.2 Å². The van der Waals surface area contributed by atoms with Crippen LogP contribution in [0.2, 0.25) is 0 Å². The van der Waals surface area contributed by atoms with Crippen LogP contribution < -0.4 is 5.32 Å². The lowest BCUT2D eigenvalue weighted by molar-refractivity contribution is -0.113. The number of carbonyl (C=O) groups is 2. The van der Waals surface area contributed by atoms with E-state index in [1.54, 1.807) is 17.4 Å². The first-order chi connectivity index (χ1) is 18.4. The number of anilines is 1. The predicted octanol–water partition coefficient (Wildman–Crippen LogP) is 6.54. The highest BCUT2D eigenvalue weighted by atomic mass is 32.2. The zero-order chi connectivity index (χ0) is 26.8. The van der Waals surface area contributed by atoms with Gasteiger partial charge in [-0.15, -0.1) is 39.4 Å². The number of thiophene rings is 2. The number of ether oxygens (including phenoxy) is 1. The Kier molecular flexibility index (Phi) is 7.83. The molecule has 1 aromatic carbocycles. The van der Waals surface area contributed by atoms with Crippen LogP contribution in [0, 0.1) is 13.8 Å². The fourth-order valence-electron chi connectivity index (χ4n) is 4.69. The Morgan fingerprint density at radius 2 is 2.00 bits per heavy atom.